The van der Waals surface area contributed by atoms with Crippen LogP contribution in [0.5, 0.6) is 0 Å². The van der Waals surface area contributed by atoms with Crippen LogP contribution in [-0.4, -0.2) is 63.6 Å². The van der Waals surface area contributed by atoms with Gasteiger partial charge in [-0.2, -0.15) is 4.98 Å². The molecule has 0 bridgehead atoms. The number of likely N-dealkylation sites (tertiary alicyclic amines) is 1. The minimum Gasteiger partial charge on any atom is -0.444 e. The molecule has 1 fully saturated rings. The Morgan fingerprint density at radius 3 is 2.41 bits per heavy atom. The molecule has 0 unspecified atom stereocenters. The highest BCUT2D eigenvalue weighted by Crippen LogP contribution is 2.36. The molecule has 1 aliphatic heterocycles. The number of benzene rings is 1. The summed E-state index contributed by atoms with van der Waals surface area (Å²) < 4.78 is 34.0. The number of pyridine rings is 1. The van der Waals surface area contributed by atoms with Gasteiger partial charge in [-0.15, -0.1) is 0 Å². The summed E-state index contributed by atoms with van der Waals surface area (Å²) in [4.78, 5) is 27.1. The number of hydrogen-bond donors (Lipinski definition) is 1. The summed E-state index contributed by atoms with van der Waals surface area (Å²) in [5.74, 6) is 0.523. The van der Waals surface area contributed by atoms with E-state index in [1.807, 2.05) is 39.0 Å². The maximum atomic E-state index is 13.6. The van der Waals surface area contributed by atoms with Gasteiger partial charge in [-0.05, 0) is 74.4 Å². The maximum Gasteiger partial charge on any atom is 0.410 e. The highest BCUT2D eigenvalue weighted by molar-refractivity contribution is 7.89. The average Bonchev–Trinajstić information content (AvgIpc) is 3.32. The molecule has 4 aromatic rings. The van der Waals surface area contributed by atoms with Gasteiger partial charge in [-0.25, -0.2) is 22.2 Å². The van der Waals surface area contributed by atoms with Gasteiger partial charge in [0.2, 0.25) is 15.3 Å². The van der Waals surface area contributed by atoms with Crippen LogP contribution in [-0.2, 0) is 20.5 Å². The standard InChI is InChI=1S/C29H33ClN6O4S/c1-29(2,3)40-28(37)35-15-11-20(12-16-35)17-32-25-24-23(22-9-13-31-14-10-22)18-36(26(24)34-27(30)33-25)41(38,39)19-21-7-5-4-6-8-21/h4-10,13-14,18,20H,11-12,15-17,19H2,1-3H3,(H,32,33,34). The summed E-state index contributed by atoms with van der Waals surface area (Å²) in [5.41, 5.74) is 1.76. The molecule has 3 aromatic heterocycles. The quantitative estimate of drug-likeness (QED) is 0.274. The van der Waals surface area contributed by atoms with E-state index in [-0.39, 0.29) is 28.7 Å². The number of hydrogen-bond acceptors (Lipinski definition) is 8. The van der Waals surface area contributed by atoms with Crippen molar-refractivity contribution in [3.63, 3.8) is 0 Å². The molecule has 0 spiro atoms. The van der Waals surface area contributed by atoms with Crippen LogP contribution in [0, 0.1) is 5.92 Å². The molecule has 1 saturated heterocycles. The van der Waals surface area contributed by atoms with E-state index in [2.05, 4.69) is 20.3 Å². The van der Waals surface area contributed by atoms with E-state index in [0.717, 1.165) is 18.4 Å². The summed E-state index contributed by atoms with van der Waals surface area (Å²) >= 11 is 6.35. The highest BCUT2D eigenvalue weighted by Gasteiger charge is 2.28. The lowest BCUT2D eigenvalue weighted by Gasteiger charge is -2.33. The fourth-order valence-electron chi connectivity index (χ4n) is 4.90. The summed E-state index contributed by atoms with van der Waals surface area (Å²) in [7, 11) is -3.85. The van der Waals surface area contributed by atoms with Gasteiger partial charge in [0, 0.05) is 43.8 Å². The molecule has 216 valence electrons. The second kappa shape index (κ2) is 11.7. The number of fused-ring (bicyclic) bond motifs is 1. The Morgan fingerprint density at radius 2 is 1.76 bits per heavy atom. The van der Waals surface area contributed by atoms with Crippen molar-refractivity contribution >= 4 is 44.6 Å². The smallest absolute Gasteiger partial charge is 0.410 e. The van der Waals surface area contributed by atoms with Gasteiger partial charge in [0.25, 0.3) is 0 Å². The summed E-state index contributed by atoms with van der Waals surface area (Å²) in [6.07, 6.45) is 6.16. The van der Waals surface area contributed by atoms with Crippen LogP contribution in [0.15, 0.2) is 61.1 Å². The number of rotatable bonds is 7. The van der Waals surface area contributed by atoms with Crippen LogP contribution >= 0.6 is 11.6 Å². The first-order valence-electron chi connectivity index (χ1n) is 13.5. The average molecular weight is 597 g/mol. The number of carbonyl (C=O) groups is 1. The molecule has 12 heteroatoms. The fraction of sp³-hybridized carbons (Fsp3) is 0.379. The number of anilines is 1. The minimum absolute atomic E-state index is 0.0599. The van der Waals surface area contributed by atoms with E-state index in [1.54, 1.807) is 47.8 Å². The highest BCUT2D eigenvalue weighted by atomic mass is 35.5. The summed E-state index contributed by atoms with van der Waals surface area (Å²) in [5, 5.41) is 3.91. The molecule has 1 aliphatic rings. The van der Waals surface area contributed by atoms with Crippen LogP contribution in [0.3, 0.4) is 0 Å². The van der Waals surface area contributed by atoms with Gasteiger partial charge < -0.3 is 15.0 Å². The number of piperidine rings is 1. The van der Waals surface area contributed by atoms with E-state index in [4.69, 9.17) is 16.3 Å². The molecule has 10 nitrogen and oxygen atoms in total. The zero-order valence-corrected chi connectivity index (χ0v) is 24.8. The molecule has 0 radical (unpaired) electrons. The molecule has 1 N–H and O–H groups in total. The topological polar surface area (TPSA) is 119 Å². The zero-order chi connectivity index (χ0) is 29.2. The predicted octanol–water partition coefficient (Wildman–Crippen LogP) is 5.58. The Morgan fingerprint density at radius 1 is 1.07 bits per heavy atom. The molecular formula is C29H33ClN6O4S. The van der Waals surface area contributed by atoms with Crippen molar-refractivity contribution in [2.45, 2.75) is 45.0 Å². The number of amides is 1. The van der Waals surface area contributed by atoms with Crippen LogP contribution in [0.4, 0.5) is 10.6 Å². The number of nitrogens with one attached hydrogen (secondary N) is 1. The Balaban J connectivity index is 1.44. The van der Waals surface area contributed by atoms with Gasteiger partial charge in [0.15, 0.2) is 5.65 Å². The Hall–Kier alpha value is -3.70. The van der Waals surface area contributed by atoms with Crippen LogP contribution in [0.1, 0.15) is 39.2 Å². The molecule has 0 atom stereocenters. The van der Waals surface area contributed by atoms with Crippen LogP contribution in [0.2, 0.25) is 5.28 Å². The Bertz CT molecular complexity index is 1630. The SMILES string of the molecule is CC(C)(C)OC(=O)N1CCC(CNc2nc(Cl)nc3c2c(-c2ccncc2)cn3S(=O)(=O)Cc2ccccc2)CC1. The van der Waals surface area contributed by atoms with Crippen molar-refractivity contribution < 1.29 is 17.9 Å². The van der Waals surface area contributed by atoms with Gasteiger partial charge in [0.05, 0.1) is 11.1 Å². The second-order valence-corrected chi connectivity index (χ2v) is 13.3. The van der Waals surface area contributed by atoms with Gasteiger partial charge in [0.1, 0.15) is 11.4 Å². The van der Waals surface area contributed by atoms with Crippen LogP contribution in [0.25, 0.3) is 22.2 Å². The third-order valence-corrected chi connectivity index (χ3v) is 8.64. The lowest BCUT2D eigenvalue weighted by atomic mass is 9.97. The Kier molecular flexibility index (Phi) is 8.19. The van der Waals surface area contributed by atoms with Gasteiger partial charge in [-0.1, -0.05) is 30.3 Å². The molecule has 1 aromatic carbocycles. The molecule has 41 heavy (non-hydrogen) atoms. The third kappa shape index (κ3) is 6.79. The molecule has 0 aliphatic carbocycles. The largest absolute Gasteiger partial charge is 0.444 e. The van der Waals surface area contributed by atoms with E-state index in [9.17, 15) is 13.2 Å². The van der Waals surface area contributed by atoms with Crippen molar-refractivity contribution in [1.82, 2.24) is 23.8 Å². The first-order chi connectivity index (χ1) is 19.5. The van der Waals surface area contributed by atoms with E-state index >= 15 is 0 Å². The van der Waals surface area contributed by atoms with Gasteiger partial charge >= 0.3 is 6.09 Å². The van der Waals surface area contributed by atoms with E-state index < -0.39 is 15.6 Å². The van der Waals surface area contributed by atoms with Crippen LogP contribution < -0.4 is 5.32 Å². The predicted molar refractivity (Wildman–Crippen MR) is 159 cm³/mol. The number of carbonyl (C=O) groups excluding carboxylic acids is 1. The maximum absolute atomic E-state index is 13.6. The van der Waals surface area contributed by atoms with Gasteiger partial charge in [-0.3, -0.25) is 4.98 Å². The monoisotopic (exact) mass is 596 g/mol. The van der Waals surface area contributed by atoms with Crippen molar-refractivity contribution in [1.29, 1.82) is 0 Å². The number of halogens is 1. The first kappa shape index (κ1) is 28.8. The molecular weight excluding hydrogens is 564 g/mol. The summed E-state index contributed by atoms with van der Waals surface area (Å²) in [6.45, 7) is 7.33. The Labute approximate surface area is 244 Å². The van der Waals surface area contributed by atoms with Crippen molar-refractivity contribution in [3.05, 3.63) is 71.9 Å². The summed E-state index contributed by atoms with van der Waals surface area (Å²) in [6, 6.07) is 12.6. The number of nitrogens with zero attached hydrogens (tertiary/aromatic N) is 5. The lowest BCUT2D eigenvalue weighted by Crippen LogP contribution is -2.42. The minimum atomic E-state index is -3.85. The third-order valence-electron chi connectivity index (χ3n) is 6.89. The molecule has 5 rings (SSSR count). The number of aromatic nitrogens is 4. The molecule has 1 amide bonds. The zero-order valence-electron chi connectivity index (χ0n) is 23.2. The first-order valence-corrected chi connectivity index (χ1v) is 15.5. The second-order valence-electron chi connectivity index (χ2n) is 11.1. The van der Waals surface area contributed by atoms with Crippen molar-refractivity contribution in [2.75, 3.05) is 25.0 Å². The molecule has 0 saturated carbocycles. The van der Waals surface area contributed by atoms with Crippen molar-refractivity contribution in [3.8, 4) is 11.1 Å². The number of ether oxygens (including phenoxy) is 1. The van der Waals surface area contributed by atoms with Crippen molar-refractivity contribution in [2.24, 2.45) is 5.92 Å². The normalized spacial score (nSPS) is 14.8. The molecule has 4 heterocycles. The lowest BCUT2D eigenvalue weighted by molar-refractivity contribution is 0.0188. The van der Waals surface area contributed by atoms with E-state index in [0.29, 0.717) is 42.0 Å². The fourth-order valence-corrected chi connectivity index (χ4v) is 6.48. The van der Waals surface area contributed by atoms with E-state index in [1.165, 1.54) is 3.97 Å².